The average Bonchev–Trinajstić information content (AvgIpc) is 3.24. The van der Waals surface area contributed by atoms with E-state index in [9.17, 15) is 0 Å². The highest BCUT2D eigenvalue weighted by atomic mass is 15.2. The molecule has 1 N–H and O–H groups in total. The number of nitrogens with one attached hydrogen (secondary N) is 1. The second-order valence-corrected chi connectivity index (χ2v) is 5.04. The topological polar surface area (TPSA) is 64.8 Å². The van der Waals surface area contributed by atoms with Crippen LogP contribution in [0.15, 0.2) is 12.4 Å². The molecule has 18 heavy (non-hydrogen) atoms. The van der Waals surface area contributed by atoms with Gasteiger partial charge in [-0.25, -0.2) is 9.97 Å². The quantitative estimate of drug-likeness (QED) is 0.860. The Hall–Kier alpha value is -1.67. The van der Waals surface area contributed by atoms with Gasteiger partial charge >= 0.3 is 0 Å². The summed E-state index contributed by atoms with van der Waals surface area (Å²) in [5, 5.41) is 12.7. The van der Waals surface area contributed by atoms with Gasteiger partial charge in [-0.05, 0) is 25.7 Å². The number of nitrogens with zero attached hydrogens (tertiary/aromatic N) is 4. The van der Waals surface area contributed by atoms with Crippen molar-refractivity contribution in [1.29, 1.82) is 5.26 Å². The molecule has 1 aliphatic heterocycles. The average molecular weight is 243 g/mol. The van der Waals surface area contributed by atoms with E-state index >= 15 is 0 Å². The van der Waals surface area contributed by atoms with Gasteiger partial charge in [0.15, 0.2) is 11.5 Å². The number of nitriles is 1. The van der Waals surface area contributed by atoms with Gasteiger partial charge in [0.2, 0.25) is 0 Å². The zero-order chi connectivity index (χ0) is 12.4. The van der Waals surface area contributed by atoms with Crippen molar-refractivity contribution in [2.24, 2.45) is 0 Å². The van der Waals surface area contributed by atoms with Gasteiger partial charge in [0.1, 0.15) is 6.07 Å². The summed E-state index contributed by atoms with van der Waals surface area (Å²) in [6, 6.07) is 3.52. The maximum atomic E-state index is 9.04. The van der Waals surface area contributed by atoms with Crippen LogP contribution in [0.1, 0.15) is 31.4 Å². The Kier molecular flexibility index (Phi) is 3.11. The van der Waals surface area contributed by atoms with Crippen LogP contribution in [-0.2, 0) is 0 Å². The highest BCUT2D eigenvalue weighted by Gasteiger charge is 2.28. The summed E-state index contributed by atoms with van der Waals surface area (Å²) in [4.78, 5) is 10.5. The molecule has 0 aromatic carbocycles. The van der Waals surface area contributed by atoms with E-state index in [4.69, 9.17) is 5.26 Å². The Morgan fingerprint density at radius 1 is 1.11 bits per heavy atom. The molecule has 2 aliphatic rings. The monoisotopic (exact) mass is 243 g/mol. The normalized spacial score (nSPS) is 20.7. The van der Waals surface area contributed by atoms with Gasteiger partial charge < -0.3 is 10.2 Å². The van der Waals surface area contributed by atoms with Gasteiger partial charge in [-0.3, -0.25) is 0 Å². The number of rotatable bonds is 3. The van der Waals surface area contributed by atoms with E-state index in [1.165, 1.54) is 12.8 Å². The molecule has 3 rings (SSSR count). The van der Waals surface area contributed by atoms with Crippen molar-refractivity contribution in [3.63, 3.8) is 0 Å². The third-order valence-electron chi connectivity index (χ3n) is 3.63. The van der Waals surface area contributed by atoms with E-state index in [-0.39, 0.29) is 0 Å². The lowest BCUT2D eigenvalue weighted by Gasteiger charge is -2.33. The molecule has 0 bridgehead atoms. The van der Waals surface area contributed by atoms with Gasteiger partial charge in [-0.1, -0.05) is 0 Å². The zero-order valence-electron chi connectivity index (χ0n) is 10.3. The highest BCUT2D eigenvalue weighted by Crippen LogP contribution is 2.24. The van der Waals surface area contributed by atoms with Crippen molar-refractivity contribution in [2.75, 3.05) is 18.0 Å². The van der Waals surface area contributed by atoms with Crippen LogP contribution in [0, 0.1) is 11.3 Å². The Labute approximate surface area is 107 Å². The summed E-state index contributed by atoms with van der Waals surface area (Å²) in [5.41, 5.74) is 0.436. The predicted molar refractivity (Wildman–Crippen MR) is 68.1 cm³/mol. The first-order chi connectivity index (χ1) is 8.86. The number of piperidine rings is 1. The smallest absolute Gasteiger partial charge is 0.183 e. The maximum Gasteiger partial charge on any atom is 0.183 e. The first-order valence-electron chi connectivity index (χ1n) is 6.59. The van der Waals surface area contributed by atoms with E-state index in [2.05, 4.69) is 26.3 Å². The number of hydrogen-bond acceptors (Lipinski definition) is 5. The van der Waals surface area contributed by atoms with Crippen LogP contribution in [-0.4, -0.2) is 35.1 Å². The molecule has 5 heteroatoms. The molecular weight excluding hydrogens is 226 g/mol. The third kappa shape index (κ3) is 2.44. The summed E-state index contributed by atoms with van der Waals surface area (Å²) in [6.07, 6.45) is 8.15. The molecule has 0 atom stereocenters. The first kappa shape index (κ1) is 11.4. The van der Waals surface area contributed by atoms with E-state index in [0.717, 1.165) is 37.8 Å². The first-order valence-corrected chi connectivity index (χ1v) is 6.59. The maximum absolute atomic E-state index is 9.04. The second-order valence-electron chi connectivity index (χ2n) is 5.04. The van der Waals surface area contributed by atoms with Crippen molar-refractivity contribution >= 4 is 5.82 Å². The largest absolute Gasteiger partial charge is 0.354 e. The molecule has 0 spiro atoms. The lowest BCUT2D eigenvalue weighted by Crippen LogP contribution is -2.43. The number of anilines is 1. The molecule has 1 saturated heterocycles. The molecule has 2 heterocycles. The van der Waals surface area contributed by atoms with Crippen LogP contribution in [0.2, 0.25) is 0 Å². The Balaban J connectivity index is 1.63. The molecule has 2 fully saturated rings. The number of aromatic nitrogens is 2. The van der Waals surface area contributed by atoms with Crippen LogP contribution in [0.3, 0.4) is 0 Å². The molecule has 0 radical (unpaired) electrons. The van der Waals surface area contributed by atoms with Gasteiger partial charge in [0.05, 0.1) is 0 Å². The highest BCUT2D eigenvalue weighted by molar-refractivity contribution is 5.49. The van der Waals surface area contributed by atoms with Crippen LogP contribution < -0.4 is 10.2 Å². The fraction of sp³-hybridized carbons (Fsp3) is 0.615. The lowest BCUT2D eigenvalue weighted by atomic mass is 10.0. The molecule has 0 unspecified atom stereocenters. The summed E-state index contributed by atoms with van der Waals surface area (Å²) in [6.45, 7) is 1.91. The van der Waals surface area contributed by atoms with Crippen LogP contribution >= 0.6 is 0 Å². The van der Waals surface area contributed by atoms with Crippen LogP contribution in [0.25, 0.3) is 0 Å². The fourth-order valence-electron chi connectivity index (χ4n) is 2.48. The molecule has 5 nitrogen and oxygen atoms in total. The molecule has 1 aromatic rings. The van der Waals surface area contributed by atoms with Crippen molar-refractivity contribution in [1.82, 2.24) is 15.3 Å². The molecule has 0 amide bonds. The minimum absolute atomic E-state index is 0.436. The van der Waals surface area contributed by atoms with Gasteiger partial charge in [-0.2, -0.15) is 5.26 Å². The zero-order valence-corrected chi connectivity index (χ0v) is 10.3. The van der Waals surface area contributed by atoms with Crippen molar-refractivity contribution in [3.8, 4) is 6.07 Å². The second kappa shape index (κ2) is 4.91. The Morgan fingerprint density at radius 2 is 1.78 bits per heavy atom. The third-order valence-corrected chi connectivity index (χ3v) is 3.63. The fourth-order valence-corrected chi connectivity index (χ4v) is 2.48. The Bertz CT molecular complexity index is 455. The molecule has 94 valence electrons. The number of hydrogen-bond donors (Lipinski definition) is 1. The molecule has 1 saturated carbocycles. The summed E-state index contributed by atoms with van der Waals surface area (Å²) in [7, 11) is 0. The molecule has 1 aromatic heterocycles. The summed E-state index contributed by atoms with van der Waals surface area (Å²) in [5.74, 6) is 0.741. The van der Waals surface area contributed by atoms with E-state index in [1.807, 2.05) is 0 Å². The lowest BCUT2D eigenvalue weighted by molar-refractivity contribution is 0.411. The predicted octanol–water partition coefficient (Wildman–Crippen LogP) is 1.07. The van der Waals surface area contributed by atoms with E-state index in [1.54, 1.807) is 12.4 Å². The van der Waals surface area contributed by atoms with E-state index in [0.29, 0.717) is 11.7 Å². The summed E-state index contributed by atoms with van der Waals surface area (Å²) < 4.78 is 0. The van der Waals surface area contributed by atoms with Crippen LogP contribution in [0.5, 0.6) is 0 Å². The van der Waals surface area contributed by atoms with Crippen LogP contribution in [0.4, 0.5) is 5.82 Å². The SMILES string of the molecule is N#Cc1nccnc1N1CCC(NC2CC2)CC1. The van der Waals surface area contributed by atoms with Crippen molar-refractivity contribution in [2.45, 2.75) is 37.8 Å². The minimum atomic E-state index is 0.436. The van der Waals surface area contributed by atoms with Gasteiger partial charge in [-0.15, -0.1) is 0 Å². The molecular formula is C13H17N5. The molecule has 1 aliphatic carbocycles. The van der Waals surface area contributed by atoms with Crippen molar-refractivity contribution < 1.29 is 0 Å². The van der Waals surface area contributed by atoms with Gasteiger partial charge in [0, 0.05) is 37.6 Å². The summed E-state index contributed by atoms with van der Waals surface area (Å²) >= 11 is 0. The van der Waals surface area contributed by atoms with Crippen molar-refractivity contribution in [3.05, 3.63) is 18.1 Å². The Morgan fingerprint density at radius 3 is 2.44 bits per heavy atom. The van der Waals surface area contributed by atoms with E-state index < -0.39 is 0 Å². The van der Waals surface area contributed by atoms with Gasteiger partial charge in [0.25, 0.3) is 0 Å². The minimum Gasteiger partial charge on any atom is -0.354 e. The standard InChI is InChI=1S/C13H17N5/c14-9-12-13(16-6-5-15-12)18-7-3-11(4-8-18)17-10-1-2-10/h5-6,10-11,17H,1-4,7-8H2.